The van der Waals surface area contributed by atoms with Gasteiger partial charge in [0.25, 0.3) is 0 Å². The molecular formula is C24H35N3O3. The molecule has 0 aromatic carbocycles. The van der Waals surface area contributed by atoms with Crippen molar-refractivity contribution >= 4 is 11.8 Å². The molecule has 1 aromatic rings. The monoisotopic (exact) mass is 413 g/mol. The number of amides is 2. The Morgan fingerprint density at radius 2 is 1.90 bits per heavy atom. The minimum Gasteiger partial charge on any atom is -0.468 e. The maximum absolute atomic E-state index is 13.6. The highest BCUT2D eigenvalue weighted by molar-refractivity contribution is 5.84. The Bertz CT molecular complexity index is 770. The minimum absolute atomic E-state index is 0.0375. The summed E-state index contributed by atoms with van der Waals surface area (Å²) in [5.74, 6) is 2.30. The number of hydrogen-bond donors (Lipinski definition) is 2. The topological polar surface area (TPSA) is 74.6 Å². The van der Waals surface area contributed by atoms with Gasteiger partial charge in [-0.3, -0.25) is 14.5 Å². The van der Waals surface area contributed by atoms with E-state index in [2.05, 4.69) is 15.5 Å². The SMILES string of the molecule is CC(=O)NC12C[C@H]3C[C@@H](C1)CC(C(=O)NC[C@H](c1ccco1)N1CCCCC1)(C3)C2. The maximum Gasteiger partial charge on any atom is 0.226 e. The predicted octanol–water partition coefficient (Wildman–Crippen LogP) is 3.40. The van der Waals surface area contributed by atoms with Crippen LogP contribution in [0.3, 0.4) is 0 Å². The zero-order valence-corrected chi connectivity index (χ0v) is 18.1. The highest BCUT2D eigenvalue weighted by Crippen LogP contribution is 2.61. The summed E-state index contributed by atoms with van der Waals surface area (Å²) in [6, 6.07) is 4.06. The molecule has 164 valence electrons. The number of hydrogen-bond acceptors (Lipinski definition) is 4. The molecule has 4 saturated carbocycles. The van der Waals surface area contributed by atoms with E-state index in [1.165, 1.54) is 25.7 Å². The summed E-state index contributed by atoms with van der Waals surface area (Å²) in [4.78, 5) is 28.0. The van der Waals surface area contributed by atoms with E-state index in [-0.39, 0.29) is 28.8 Å². The quantitative estimate of drug-likeness (QED) is 0.750. The molecule has 30 heavy (non-hydrogen) atoms. The van der Waals surface area contributed by atoms with Gasteiger partial charge in [0.2, 0.25) is 11.8 Å². The fourth-order valence-electron chi connectivity index (χ4n) is 7.55. The number of carbonyl (C=O) groups excluding carboxylic acids is 2. The second kappa shape index (κ2) is 7.70. The third kappa shape index (κ3) is 3.68. The molecular weight excluding hydrogens is 378 g/mol. The van der Waals surface area contributed by atoms with E-state index in [1.807, 2.05) is 12.1 Å². The number of carbonyl (C=O) groups is 2. The highest BCUT2D eigenvalue weighted by Gasteiger charge is 2.60. The van der Waals surface area contributed by atoms with Crippen molar-refractivity contribution < 1.29 is 14.0 Å². The first-order chi connectivity index (χ1) is 14.5. The molecule has 2 heterocycles. The van der Waals surface area contributed by atoms with Crippen LogP contribution in [0.1, 0.15) is 76.5 Å². The molecule has 1 aliphatic heterocycles. The molecule has 6 nitrogen and oxygen atoms in total. The van der Waals surface area contributed by atoms with Crippen molar-refractivity contribution in [2.45, 2.75) is 76.3 Å². The van der Waals surface area contributed by atoms with Gasteiger partial charge in [-0.25, -0.2) is 0 Å². The summed E-state index contributed by atoms with van der Waals surface area (Å²) in [6.45, 7) is 4.32. The van der Waals surface area contributed by atoms with E-state index in [1.54, 1.807) is 13.2 Å². The number of furan rings is 1. The molecule has 2 N–H and O–H groups in total. The molecule has 0 spiro atoms. The van der Waals surface area contributed by atoms with Crippen molar-refractivity contribution in [1.82, 2.24) is 15.5 Å². The van der Waals surface area contributed by atoms with Crippen molar-refractivity contribution in [2.24, 2.45) is 17.3 Å². The van der Waals surface area contributed by atoms with Crippen LogP contribution in [0, 0.1) is 17.3 Å². The van der Waals surface area contributed by atoms with Crippen molar-refractivity contribution in [1.29, 1.82) is 0 Å². The van der Waals surface area contributed by atoms with Crippen LogP contribution in [0.5, 0.6) is 0 Å². The molecule has 6 rings (SSSR count). The second-order valence-corrected chi connectivity index (χ2v) is 10.5. The molecule has 2 unspecified atom stereocenters. The van der Waals surface area contributed by atoms with Crippen LogP contribution in [-0.2, 0) is 9.59 Å². The van der Waals surface area contributed by atoms with Crippen molar-refractivity contribution in [3.63, 3.8) is 0 Å². The van der Waals surface area contributed by atoms with Crippen molar-refractivity contribution in [3.8, 4) is 0 Å². The molecule has 2 amide bonds. The lowest BCUT2D eigenvalue weighted by atomic mass is 9.46. The lowest BCUT2D eigenvalue weighted by Crippen LogP contribution is -2.66. The summed E-state index contributed by atoms with van der Waals surface area (Å²) in [6.07, 6.45) is 11.5. The van der Waals surface area contributed by atoms with Gasteiger partial charge in [0.05, 0.1) is 17.7 Å². The van der Waals surface area contributed by atoms with Crippen LogP contribution in [0.2, 0.25) is 0 Å². The van der Waals surface area contributed by atoms with Crippen LogP contribution in [0.4, 0.5) is 0 Å². The summed E-state index contributed by atoms with van der Waals surface area (Å²) in [7, 11) is 0. The Labute approximate surface area is 179 Å². The lowest BCUT2D eigenvalue weighted by molar-refractivity contribution is -0.153. The molecule has 6 heteroatoms. The van der Waals surface area contributed by atoms with Crippen LogP contribution in [-0.4, -0.2) is 41.9 Å². The van der Waals surface area contributed by atoms with Gasteiger partial charge in [-0.1, -0.05) is 6.42 Å². The summed E-state index contributed by atoms with van der Waals surface area (Å²) < 4.78 is 5.75. The van der Waals surface area contributed by atoms with Gasteiger partial charge in [-0.2, -0.15) is 0 Å². The van der Waals surface area contributed by atoms with Crippen molar-refractivity contribution in [3.05, 3.63) is 24.2 Å². The highest BCUT2D eigenvalue weighted by atomic mass is 16.3. The third-order valence-corrected chi connectivity index (χ3v) is 8.14. The lowest BCUT2D eigenvalue weighted by Gasteiger charge is -2.61. The standard InChI is InChI=1S/C24H35N3O3/c1-17(28)26-24-13-18-10-19(14-24)12-23(11-18,16-24)22(29)25-15-20(21-6-5-9-30-21)27-7-3-2-4-8-27/h5-6,9,18-20H,2-4,7-8,10-16H2,1H3,(H,25,29)(H,26,28)/t18-,19+,20-,23?,24?/m1/s1. The van der Waals surface area contributed by atoms with E-state index in [0.29, 0.717) is 18.4 Å². The fraction of sp³-hybridized carbons (Fsp3) is 0.750. The van der Waals surface area contributed by atoms with E-state index in [9.17, 15) is 9.59 Å². The molecule has 5 atom stereocenters. The van der Waals surface area contributed by atoms with Crippen LogP contribution in [0.25, 0.3) is 0 Å². The number of nitrogens with one attached hydrogen (secondary N) is 2. The van der Waals surface area contributed by atoms with Gasteiger partial charge >= 0.3 is 0 Å². The maximum atomic E-state index is 13.6. The van der Waals surface area contributed by atoms with Crippen molar-refractivity contribution in [2.75, 3.05) is 19.6 Å². The first kappa shape index (κ1) is 20.1. The van der Waals surface area contributed by atoms with Gasteiger partial charge in [0.1, 0.15) is 5.76 Å². The largest absolute Gasteiger partial charge is 0.468 e. The Balaban J connectivity index is 1.31. The van der Waals surface area contributed by atoms with E-state index >= 15 is 0 Å². The van der Waals surface area contributed by atoms with Crippen LogP contribution in [0.15, 0.2) is 22.8 Å². The smallest absolute Gasteiger partial charge is 0.226 e. The first-order valence-electron chi connectivity index (χ1n) is 11.8. The number of rotatable bonds is 6. The van der Waals surface area contributed by atoms with Gasteiger partial charge in [0.15, 0.2) is 0 Å². The Morgan fingerprint density at radius 1 is 1.17 bits per heavy atom. The second-order valence-electron chi connectivity index (χ2n) is 10.5. The number of nitrogens with zero attached hydrogens (tertiary/aromatic N) is 1. The average molecular weight is 414 g/mol. The zero-order valence-electron chi connectivity index (χ0n) is 18.1. The molecule has 1 aromatic heterocycles. The molecule has 5 fully saturated rings. The predicted molar refractivity (Wildman–Crippen MR) is 114 cm³/mol. The Hall–Kier alpha value is -1.82. The molecule has 4 aliphatic carbocycles. The Kier molecular flexibility index (Phi) is 5.16. The zero-order chi connectivity index (χ0) is 20.8. The van der Waals surface area contributed by atoms with Gasteiger partial charge in [-0.05, 0) is 88.4 Å². The van der Waals surface area contributed by atoms with E-state index < -0.39 is 0 Å². The van der Waals surface area contributed by atoms with Gasteiger partial charge in [-0.15, -0.1) is 0 Å². The summed E-state index contributed by atoms with van der Waals surface area (Å²) in [5.41, 5.74) is -0.483. The molecule has 4 bridgehead atoms. The summed E-state index contributed by atoms with van der Waals surface area (Å²) in [5, 5.41) is 6.61. The van der Waals surface area contributed by atoms with Crippen LogP contribution >= 0.6 is 0 Å². The summed E-state index contributed by atoms with van der Waals surface area (Å²) >= 11 is 0. The third-order valence-electron chi connectivity index (χ3n) is 8.14. The molecule has 0 radical (unpaired) electrons. The molecule has 1 saturated heterocycles. The van der Waals surface area contributed by atoms with Gasteiger partial charge in [0, 0.05) is 19.0 Å². The normalized spacial score (nSPS) is 36.4. The fourth-order valence-corrected chi connectivity index (χ4v) is 7.55. The average Bonchev–Trinajstić information content (AvgIpc) is 3.21. The minimum atomic E-state index is -0.317. The van der Waals surface area contributed by atoms with Gasteiger partial charge < -0.3 is 15.1 Å². The molecule has 5 aliphatic rings. The van der Waals surface area contributed by atoms with E-state index in [0.717, 1.165) is 51.0 Å². The number of piperidine rings is 1. The first-order valence-corrected chi connectivity index (χ1v) is 11.8. The van der Waals surface area contributed by atoms with Crippen LogP contribution < -0.4 is 10.6 Å². The Morgan fingerprint density at radius 3 is 2.53 bits per heavy atom. The number of likely N-dealkylation sites (tertiary alicyclic amines) is 1. The van der Waals surface area contributed by atoms with E-state index in [4.69, 9.17) is 4.42 Å².